The van der Waals surface area contributed by atoms with Crippen LogP contribution in [-0.2, 0) is 40.1 Å². The van der Waals surface area contributed by atoms with Crippen LogP contribution in [0.5, 0.6) is 5.75 Å². The summed E-state index contributed by atoms with van der Waals surface area (Å²) in [5, 5.41) is 7.28. The van der Waals surface area contributed by atoms with E-state index in [1.54, 1.807) is 13.8 Å². The van der Waals surface area contributed by atoms with Gasteiger partial charge < -0.3 is 42.4 Å². The summed E-state index contributed by atoms with van der Waals surface area (Å²) in [6, 6.07) is 24.1. The largest absolute Gasteiger partial charge is 0.481 e. The third kappa shape index (κ3) is 3.93. The Kier molecular flexibility index (Phi) is 6.51. The third-order valence-corrected chi connectivity index (χ3v) is 12.7. The van der Waals surface area contributed by atoms with Gasteiger partial charge in [0.1, 0.15) is 17.6 Å². The molecule has 4 atom stereocenters. The minimum Gasteiger partial charge on any atom is -0.481 e. The van der Waals surface area contributed by atoms with Gasteiger partial charge in [0.05, 0.1) is 47.5 Å². The lowest BCUT2D eigenvalue weighted by Crippen LogP contribution is -2.52. The van der Waals surface area contributed by atoms with Crippen molar-refractivity contribution in [3.8, 4) is 5.75 Å². The van der Waals surface area contributed by atoms with Crippen LogP contribution < -0.4 is 10.1 Å². The van der Waals surface area contributed by atoms with Gasteiger partial charge in [-0.2, -0.15) is 0 Å². The quantitative estimate of drug-likeness (QED) is 0.161. The lowest BCUT2D eigenvalue weighted by atomic mass is 9.89. The van der Waals surface area contributed by atoms with Gasteiger partial charge in [0, 0.05) is 40.1 Å². The van der Waals surface area contributed by atoms with Crippen LogP contribution in [0, 0.1) is 0 Å². The molecular weight excluding hydrogens is 657 g/mol. The highest BCUT2D eigenvalue weighted by Crippen LogP contribution is 2.61. The van der Waals surface area contributed by atoms with Gasteiger partial charge in [-0.3, -0.25) is 9.36 Å². The number of aromatic nitrogens is 2. The second-order valence-electron chi connectivity index (χ2n) is 13.5. The van der Waals surface area contributed by atoms with Gasteiger partial charge in [0.2, 0.25) is 0 Å². The maximum Gasteiger partial charge on any atom is 0.367 e. The summed E-state index contributed by atoms with van der Waals surface area (Å²) in [5.41, 5.74) is 4.89. The van der Waals surface area contributed by atoms with Crippen molar-refractivity contribution in [2.24, 2.45) is 0 Å². The molecule has 1 amide bonds. The summed E-state index contributed by atoms with van der Waals surface area (Å²) in [7, 11) is -3.36. The Morgan fingerprint density at radius 3 is 2.34 bits per heavy atom. The van der Waals surface area contributed by atoms with Crippen LogP contribution in [0.2, 0.25) is 0 Å². The van der Waals surface area contributed by atoms with Gasteiger partial charge in [0.15, 0.2) is 18.4 Å². The fourth-order valence-corrected chi connectivity index (χ4v) is 10.2. The molecular formula is C38H36N3O8P. The maximum atomic E-state index is 13.5. The Bertz CT molecular complexity index is 2440. The van der Waals surface area contributed by atoms with E-state index < -0.39 is 25.2 Å². The van der Waals surface area contributed by atoms with Crippen LogP contribution in [0.15, 0.2) is 72.8 Å². The Labute approximate surface area is 287 Å². The first kappa shape index (κ1) is 30.6. The molecule has 4 aliphatic heterocycles. The molecule has 2 bridgehead atoms. The Hall–Kier alpha value is -4.22. The van der Waals surface area contributed by atoms with Crippen LogP contribution in [0.3, 0.4) is 0 Å². The average molecular weight is 694 g/mol. The van der Waals surface area contributed by atoms with Gasteiger partial charge in [0.25, 0.3) is 5.91 Å². The van der Waals surface area contributed by atoms with Crippen LogP contribution >= 0.6 is 7.60 Å². The number of hydrogen-bond donors (Lipinski definition) is 1. The first-order chi connectivity index (χ1) is 24.3. The third-order valence-electron chi connectivity index (χ3n) is 10.9. The fraction of sp³-hybridized carbons (Fsp3) is 0.342. The van der Waals surface area contributed by atoms with E-state index in [0.717, 1.165) is 60.3 Å². The lowest BCUT2D eigenvalue weighted by molar-refractivity contribution is -0.194. The van der Waals surface area contributed by atoms with Crippen molar-refractivity contribution in [1.29, 1.82) is 0 Å². The number of fused-ring (bicyclic) bond motifs is 14. The highest BCUT2D eigenvalue weighted by atomic mass is 31.2. The van der Waals surface area contributed by atoms with E-state index in [1.165, 1.54) is 0 Å². The minimum atomic E-state index is -3.36. The molecule has 0 saturated carbocycles. The first-order valence-electron chi connectivity index (χ1n) is 17.2. The molecule has 2 aromatic heterocycles. The zero-order valence-electron chi connectivity index (χ0n) is 27.9. The van der Waals surface area contributed by atoms with Crippen molar-refractivity contribution >= 4 is 57.1 Å². The molecule has 50 heavy (non-hydrogen) atoms. The number of benzene rings is 4. The molecule has 4 aliphatic rings. The molecule has 1 spiro atoms. The first-order valence-corrected chi connectivity index (χ1v) is 18.9. The van der Waals surface area contributed by atoms with Crippen LogP contribution in [0.4, 0.5) is 0 Å². The van der Waals surface area contributed by atoms with E-state index in [2.05, 4.69) is 57.8 Å². The van der Waals surface area contributed by atoms with Crippen molar-refractivity contribution in [2.75, 3.05) is 26.2 Å². The number of nitrogens with one attached hydrogen (secondary N) is 1. The molecule has 6 heterocycles. The molecule has 2 fully saturated rings. The second-order valence-corrected chi connectivity index (χ2v) is 15.5. The molecule has 0 radical (unpaired) electrons. The SMILES string of the molecule is CCOP(=O)(COc1ccc(C2OC[C@]3(C[C@H]4O[C@]3(C)n3c5ccccc5c5c6c(c7c8ccccc8n4c7c53)C(=O)NC6)O2)cc1)OCC. The summed E-state index contributed by atoms with van der Waals surface area (Å²) < 4.78 is 54.9. The summed E-state index contributed by atoms with van der Waals surface area (Å²) in [6.45, 7) is 6.97. The number of carbonyl (C=O) groups excluding carboxylic acids is 1. The molecule has 1 unspecified atom stereocenters. The molecule has 1 N–H and O–H groups in total. The van der Waals surface area contributed by atoms with Crippen molar-refractivity contribution in [2.45, 2.75) is 57.6 Å². The van der Waals surface area contributed by atoms with Crippen molar-refractivity contribution in [3.05, 3.63) is 89.5 Å². The topological polar surface area (TPSA) is 111 Å². The molecule has 11 nitrogen and oxygen atoms in total. The Morgan fingerprint density at radius 2 is 1.60 bits per heavy atom. The van der Waals surface area contributed by atoms with E-state index in [0.29, 0.717) is 25.3 Å². The molecule has 12 heteroatoms. The predicted octanol–water partition coefficient (Wildman–Crippen LogP) is 7.84. The van der Waals surface area contributed by atoms with E-state index in [4.69, 9.17) is 28.0 Å². The van der Waals surface area contributed by atoms with Gasteiger partial charge in [-0.25, -0.2) is 0 Å². The van der Waals surface area contributed by atoms with Crippen LogP contribution in [-0.4, -0.2) is 46.8 Å². The number of rotatable bonds is 8. The van der Waals surface area contributed by atoms with Crippen LogP contribution in [0.1, 0.15) is 61.2 Å². The highest BCUT2D eigenvalue weighted by Gasteiger charge is 2.66. The van der Waals surface area contributed by atoms with Gasteiger partial charge in [-0.1, -0.05) is 48.5 Å². The molecule has 0 aliphatic carbocycles. The van der Waals surface area contributed by atoms with Crippen LogP contribution in [0.25, 0.3) is 43.6 Å². The fourth-order valence-electron chi connectivity index (χ4n) is 8.89. The lowest BCUT2D eigenvalue weighted by Gasteiger charge is -2.39. The predicted molar refractivity (Wildman–Crippen MR) is 187 cm³/mol. The average Bonchev–Trinajstić information content (AvgIpc) is 3.91. The highest BCUT2D eigenvalue weighted by molar-refractivity contribution is 7.53. The molecule has 10 rings (SSSR count). The van der Waals surface area contributed by atoms with E-state index in [-0.39, 0.29) is 31.7 Å². The van der Waals surface area contributed by atoms with Crippen molar-refractivity contribution in [3.63, 3.8) is 0 Å². The monoisotopic (exact) mass is 693 g/mol. The van der Waals surface area contributed by atoms with Gasteiger partial charge >= 0.3 is 7.60 Å². The number of para-hydroxylation sites is 2. The van der Waals surface area contributed by atoms with E-state index in [9.17, 15) is 9.36 Å². The van der Waals surface area contributed by atoms with Gasteiger partial charge in [-0.15, -0.1) is 0 Å². The van der Waals surface area contributed by atoms with E-state index >= 15 is 0 Å². The Morgan fingerprint density at radius 1 is 0.900 bits per heavy atom. The molecule has 6 aromatic rings. The van der Waals surface area contributed by atoms with Crippen molar-refractivity contribution < 1.29 is 37.4 Å². The smallest absolute Gasteiger partial charge is 0.367 e. The molecule has 2 saturated heterocycles. The summed E-state index contributed by atoms with van der Waals surface area (Å²) in [6.07, 6.45) is -0.671. The van der Waals surface area contributed by atoms with Crippen molar-refractivity contribution in [1.82, 2.24) is 14.5 Å². The summed E-state index contributed by atoms with van der Waals surface area (Å²) in [4.78, 5) is 13.5. The normalized spacial score (nSPS) is 25.5. The standard InChI is InChI=1S/C38H36N3O8P/c1-4-46-50(43,47-5-2)21-45-23-16-14-22(15-17-23)36-44-20-38(49-36)18-29-40-27-12-8-6-10-24(27)31-32-26(19-39-35(32)42)30-25-11-7-9-13-28(25)41(34(30)33(31)40)37(38,3)48-29/h6-17,29,36H,4-5,18-21H2,1-3H3,(H,39,42)/t29-,36?,37+,38+/m1/s1. The summed E-state index contributed by atoms with van der Waals surface area (Å²) in [5.74, 6) is 0.496. The maximum absolute atomic E-state index is 13.5. The second kappa shape index (κ2) is 10.6. The number of ether oxygens (including phenoxy) is 4. The Balaban J connectivity index is 1.09. The number of nitrogens with zero attached hydrogens (tertiary/aromatic N) is 2. The molecule has 256 valence electrons. The van der Waals surface area contributed by atoms with Gasteiger partial charge in [-0.05, 0) is 50.6 Å². The number of carbonyl (C=O) groups is 1. The zero-order chi connectivity index (χ0) is 34.0. The number of hydrogen-bond acceptors (Lipinski definition) is 8. The number of amides is 1. The zero-order valence-corrected chi connectivity index (χ0v) is 28.8. The van der Waals surface area contributed by atoms with E-state index in [1.807, 2.05) is 36.4 Å². The molecule has 4 aromatic carbocycles. The minimum absolute atomic E-state index is 0.0379. The summed E-state index contributed by atoms with van der Waals surface area (Å²) >= 11 is 0.